The van der Waals surface area contributed by atoms with Crippen LogP contribution in [0.15, 0.2) is 6.20 Å². The van der Waals surface area contributed by atoms with E-state index in [-0.39, 0.29) is 6.04 Å². The molecule has 4 heteroatoms. The van der Waals surface area contributed by atoms with Gasteiger partial charge in [0.05, 0.1) is 12.3 Å². The summed E-state index contributed by atoms with van der Waals surface area (Å²) in [7, 11) is 0. The Bertz CT molecular complexity index is 322. The van der Waals surface area contributed by atoms with Crippen LogP contribution in [0, 0.1) is 6.92 Å². The van der Waals surface area contributed by atoms with Gasteiger partial charge in [-0.15, -0.1) is 0 Å². The highest BCUT2D eigenvalue weighted by molar-refractivity contribution is 5.29. The number of aryl methyl sites for hydroxylation is 2. The van der Waals surface area contributed by atoms with Gasteiger partial charge in [-0.2, -0.15) is 0 Å². The number of imidazole rings is 1. The van der Waals surface area contributed by atoms with E-state index in [1.165, 1.54) is 12.8 Å². The third kappa shape index (κ3) is 4.77. The summed E-state index contributed by atoms with van der Waals surface area (Å²) in [6.07, 6.45) is 4.49. The summed E-state index contributed by atoms with van der Waals surface area (Å²) in [4.78, 5) is 4.51. The van der Waals surface area contributed by atoms with Crippen LogP contribution >= 0.6 is 0 Å². The molecule has 1 N–H and O–H groups in total. The van der Waals surface area contributed by atoms with Crippen molar-refractivity contribution >= 4 is 5.95 Å². The number of rotatable bonds is 8. The van der Waals surface area contributed by atoms with E-state index in [1.54, 1.807) is 0 Å². The second-order valence-corrected chi connectivity index (χ2v) is 4.46. The number of anilines is 1. The Kier molecular flexibility index (Phi) is 6.05. The molecule has 0 radical (unpaired) electrons. The normalized spacial score (nSPS) is 12.7. The van der Waals surface area contributed by atoms with Crippen molar-refractivity contribution in [1.29, 1.82) is 0 Å². The van der Waals surface area contributed by atoms with E-state index in [2.05, 4.69) is 34.9 Å². The van der Waals surface area contributed by atoms with E-state index < -0.39 is 0 Å². The maximum absolute atomic E-state index is 5.40. The molecule has 1 rings (SSSR count). The number of aromatic nitrogens is 2. The van der Waals surface area contributed by atoms with Crippen LogP contribution in [0.25, 0.3) is 0 Å². The molecule has 0 saturated carbocycles. The van der Waals surface area contributed by atoms with E-state index in [1.807, 2.05) is 13.8 Å². The standard InChI is InChI=1S/C13H25N3O/c1-5-7-8-16-9-11(3)14-13(16)15-12(4)10-17-6-2/h9,12H,5-8,10H2,1-4H3,(H,14,15). The molecule has 4 nitrogen and oxygen atoms in total. The first-order chi connectivity index (χ1) is 8.17. The third-order valence-electron chi connectivity index (χ3n) is 2.60. The number of nitrogens with one attached hydrogen (secondary N) is 1. The van der Waals surface area contributed by atoms with Crippen molar-refractivity contribution in [2.45, 2.75) is 53.1 Å². The van der Waals surface area contributed by atoms with Crippen LogP contribution < -0.4 is 5.32 Å². The van der Waals surface area contributed by atoms with E-state index in [0.717, 1.165) is 31.4 Å². The lowest BCUT2D eigenvalue weighted by molar-refractivity contribution is 0.141. The van der Waals surface area contributed by atoms with Crippen molar-refractivity contribution in [3.05, 3.63) is 11.9 Å². The largest absolute Gasteiger partial charge is 0.380 e. The van der Waals surface area contributed by atoms with Gasteiger partial charge in [-0.1, -0.05) is 13.3 Å². The molecule has 0 aliphatic carbocycles. The maximum atomic E-state index is 5.40. The summed E-state index contributed by atoms with van der Waals surface area (Å²) in [5.41, 5.74) is 1.06. The molecule has 1 aromatic rings. The number of nitrogens with zero attached hydrogens (tertiary/aromatic N) is 2. The van der Waals surface area contributed by atoms with E-state index in [0.29, 0.717) is 0 Å². The van der Waals surface area contributed by atoms with Gasteiger partial charge in [0.25, 0.3) is 0 Å². The van der Waals surface area contributed by atoms with Crippen molar-refractivity contribution in [2.24, 2.45) is 0 Å². The molecule has 1 aromatic heterocycles. The summed E-state index contributed by atoms with van der Waals surface area (Å²) in [5, 5.41) is 3.40. The van der Waals surface area contributed by atoms with Gasteiger partial charge in [-0.05, 0) is 27.2 Å². The Morgan fingerprint density at radius 3 is 2.88 bits per heavy atom. The highest BCUT2D eigenvalue weighted by Gasteiger charge is 2.08. The molecule has 0 aliphatic rings. The van der Waals surface area contributed by atoms with Crippen molar-refractivity contribution in [3.63, 3.8) is 0 Å². The number of hydrogen-bond donors (Lipinski definition) is 1. The van der Waals surface area contributed by atoms with Gasteiger partial charge in [0.15, 0.2) is 0 Å². The zero-order valence-electron chi connectivity index (χ0n) is 11.5. The topological polar surface area (TPSA) is 39.1 Å². The van der Waals surface area contributed by atoms with E-state index >= 15 is 0 Å². The molecular weight excluding hydrogens is 214 g/mol. The van der Waals surface area contributed by atoms with Crippen molar-refractivity contribution < 1.29 is 4.74 Å². The van der Waals surface area contributed by atoms with E-state index in [4.69, 9.17) is 4.74 Å². The SMILES string of the molecule is CCCCn1cc(C)nc1NC(C)COCC. The predicted octanol–water partition coefficient (Wildman–Crippen LogP) is 2.83. The van der Waals surface area contributed by atoms with Gasteiger partial charge in [0, 0.05) is 25.4 Å². The maximum Gasteiger partial charge on any atom is 0.203 e. The molecule has 0 amide bonds. The molecule has 0 aliphatic heterocycles. The molecule has 17 heavy (non-hydrogen) atoms. The average Bonchev–Trinajstić information content (AvgIpc) is 2.64. The Morgan fingerprint density at radius 2 is 2.24 bits per heavy atom. The van der Waals surface area contributed by atoms with Crippen LogP contribution in [0.2, 0.25) is 0 Å². The second-order valence-electron chi connectivity index (χ2n) is 4.46. The fourth-order valence-electron chi connectivity index (χ4n) is 1.72. The molecule has 98 valence electrons. The van der Waals surface area contributed by atoms with Gasteiger partial charge in [-0.3, -0.25) is 0 Å². The summed E-state index contributed by atoms with van der Waals surface area (Å²) in [6.45, 7) is 10.9. The first-order valence-electron chi connectivity index (χ1n) is 6.55. The number of ether oxygens (including phenoxy) is 1. The van der Waals surface area contributed by atoms with Crippen molar-refractivity contribution in [3.8, 4) is 0 Å². The van der Waals surface area contributed by atoms with E-state index in [9.17, 15) is 0 Å². The van der Waals surface area contributed by atoms with Crippen LogP contribution in [0.5, 0.6) is 0 Å². The van der Waals surface area contributed by atoms with Crippen LogP contribution in [0.4, 0.5) is 5.95 Å². The lowest BCUT2D eigenvalue weighted by Gasteiger charge is -2.15. The molecular formula is C13H25N3O. The van der Waals surface area contributed by atoms with Crippen LogP contribution in [-0.2, 0) is 11.3 Å². The smallest absolute Gasteiger partial charge is 0.203 e. The minimum atomic E-state index is 0.289. The highest BCUT2D eigenvalue weighted by atomic mass is 16.5. The zero-order chi connectivity index (χ0) is 12.7. The molecule has 1 unspecified atom stereocenters. The Morgan fingerprint density at radius 1 is 1.47 bits per heavy atom. The van der Waals surface area contributed by atoms with Crippen LogP contribution in [-0.4, -0.2) is 28.8 Å². The average molecular weight is 239 g/mol. The number of hydrogen-bond acceptors (Lipinski definition) is 3. The highest BCUT2D eigenvalue weighted by Crippen LogP contribution is 2.11. The van der Waals surface area contributed by atoms with Gasteiger partial charge in [0.2, 0.25) is 5.95 Å². The zero-order valence-corrected chi connectivity index (χ0v) is 11.5. The Balaban J connectivity index is 2.55. The summed E-state index contributed by atoms with van der Waals surface area (Å²) >= 11 is 0. The third-order valence-corrected chi connectivity index (χ3v) is 2.60. The first kappa shape index (κ1) is 14.0. The second kappa shape index (κ2) is 7.33. The fourth-order valence-corrected chi connectivity index (χ4v) is 1.72. The van der Waals surface area contributed by atoms with Crippen LogP contribution in [0.1, 0.15) is 39.3 Å². The lowest BCUT2D eigenvalue weighted by Crippen LogP contribution is -2.23. The predicted molar refractivity (Wildman–Crippen MR) is 71.4 cm³/mol. The van der Waals surface area contributed by atoms with Crippen molar-refractivity contribution in [2.75, 3.05) is 18.5 Å². The Hall–Kier alpha value is -1.03. The van der Waals surface area contributed by atoms with Crippen molar-refractivity contribution in [1.82, 2.24) is 9.55 Å². The van der Waals surface area contributed by atoms with Gasteiger partial charge >= 0.3 is 0 Å². The molecule has 0 fully saturated rings. The van der Waals surface area contributed by atoms with Gasteiger partial charge in [-0.25, -0.2) is 4.98 Å². The van der Waals surface area contributed by atoms with Gasteiger partial charge < -0.3 is 14.6 Å². The number of unbranched alkanes of at least 4 members (excludes halogenated alkanes) is 1. The summed E-state index contributed by atoms with van der Waals surface area (Å²) in [6, 6.07) is 0.289. The summed E-state index contributed by atoms with van der Waals surface area (Å²) in [5.74, 6) is 0.961. The minimum Gasteiger partial charge on any atom is -0.380 e. The van der Waals surface area contributed by atoms with Gasteiger partial charge in [0.1, 0.15) is 0 Å². The molecule has 0 spiro atoms. The molecule has 0 bridgehead atoms. The molecule has 0 saturated heterocycles. The fraction of sp³-hybridized carbons (Fsp3) is 0.769. The molecule has 0 aromatic carbocycles. The first-order valence-corrected chi connectivity index (χ1v) is 6.55. The quantitative estimate of drug-likeness (QED) is 0.758. The monoisotopic (exact) mass is 239 g/mol. The lowest BCUT2D eigenvalue weighted by atomic mass is 10.3. The van der Waals surface area contributed by atoms with Crippen LogP contribution in [0.3, 0.4) is 0 Å². The Labute approximate surface area is 104 Å². The molecule has 1 heterocycles. The summed E-state index contributed by atoms with van der Waals surface area (Å²) < 4.78 is 7.59. The minimum absolute atomic E-state index is 0.289. The molecule has 1 atom stereocenters.